The fourth-order valence-corrected chi connectivity index (χ4v) is 2.48. The van der Waals surface area contributed by atoms with Crippen molar-refractivity contribution in [1.82, 2.24) is 4.98 Å². The zero-order chi connectivity index (χ0) is 19.4. The predicted molar refractivity (Wildman–Crippen MR) is 94.7 cm³/mol. The van der Waals surface area contributed by atoms with Crippen molar-refractivity contribution in [2.75, 3.05) is 10.6 Å². The predicted octanol–water partition coefficient (Wildman–Crippen LogP) is 5.21. The Bertz CT molecular complexity index is 926. The van der Waals surface area contributed by atoms with E-state index in [1.54, 1.807) is 18.4 Å². The molecule has 2 aromatic heterocycles. The molecule has 0 saturated heterocycles. The number of pyridine rings is 1. The lowest BCUT2D eigenvalue weighted by Gasteiger charge is -2.12. The first kappa shape index (κ1) is 18.8. The van der Waals surface area contributed by atoms with Gasteiger partial charge in [-0.25, -0.2) is 4.98 Å². The average Bonchev–Trinajstić information content (AvgIpc) is 3.14. The second-order valence-corrected chi connectivity index (χ2v) is 5.92. The van der Waals surface area contributed by atoms with E-state index >= 15 is 0 Å². The van der Waals surface area contributed by atoms with Gasteiger partial charge in [-0.05, 0) is 42.5 Å². The molecule has 0 spiro atoms. The Labute approximate surface area is 157 Å². The van der Waals surface area contributed by atoms with Gasteiger partial charge in [0.15, 0.2) is 0 Å². The molecule has 3 rings (SSSR count). The van der Waals surface area contributed by atoms with Gasteiger partial charge in [0.2, 0.25) is 0 Å². The van der Waals surface area contributed by atoms with Crippen molar-refractivity contribution in [2.45, 2.75) is 12.7 Å². The molecule has 3 aromatic rings. The molecule has 0 atom stereocenters. The molecule has 2 heterocycles. The summed E-state index contributed by atoms with van der Waals surface area (Å²) in [6.45, 7) is 0.450. The van der Waals surface area contributed by atoms with E-state index in [0.29, 0.717) is 12.2 Å². The van der Waals surface area contributed by atoms with Crippen LogP contribution in [0.5, 0.6) is 0 Å². The van der Waals surface area contributed by atoms with Gasteiger partial charge in [-0.3, -0.25) is 4.79 Å². The molecule has 140 valence electrons. The van der Waals surface area contributed by atoms with Crippen LogP contribution in [0.25, 0.3) is 0 Å². The number of furan rings is 1. The molecule has 0 bridgehead atoms. The molecule has 0 aliphatic rings. The van der Waals surface area contributed by atoms with Crippen LogP contribution in [0.2, 0.25) is 5.02 Å². The summed E-state index contributed by atoms with van der Waals surface area (Å²) in [7, 11) is 0. The van der Waals surface area contributed by atoms with Crippen LogP contribution in [0.1, 0.15) is 21.8 Å². The van der Waals surface area contributed by atoms with Gasteiger partial charge in [-0.15, -0.1) is 0 Å². The third-order valence-corrected chi connectivity index (χ3v) is 3.90. The number of halogens is 4. The third-order valence-electron chi connectivity index (χ3n) is 3.57. The molecule has 2 N–H and O–H groups in total. The number of carbonyl (C=O) groups is 1. The fourth-order valence-electron chi connectivity index (χ4n) is 2.25. The Morgan fingerprint density at radius 2 is 1.93 bits per heavy atom. The topological polar surface area (TPSA) is 67.2 Å². The van der Waals surface area contributed by atoms with Crippen LogP contribution in [0.15, 0.2) is 59.3 Å². The molecule has 5 nitrogen and oxygen atoms in total. The summed E-state index contributed by atoms with van der Waals surface area (Å²) < 4.78 is 43.8. The second kappa shape index (κ2) is 7.71. The highest BCUT2D eigenvalue weighted by Crippen LogP contribution is 2.36. The van der Waals surface area contributed by atoms with Crippen LogP contribution in [-0.2, 0) is 12.7 Å². The smallest absolute Gasteiger partial charge is 0.417 e. The third kappa shape index (κ3) is 4.79. The lowest BCUT2D eigenvalue weighted by Crippen LogP contribution is -2.15. The first-order valence-corrected chi connectivity index (χ1v) is 8.11. The molecule has 0 aliphatic carbocycles. The molecular weight excluding hydrogens is 383 g/mol. The van der Waals surface area contributed by atoms with Crippen LogP contribution in [-0.4, -0.2) is 10.9 Å². The highest BCUT2D eigenvalue weighted by Gasteiger charge is 2.33. The molecule has 0 radical (unpaired) electrons. The van der Waals surface area contributed by atoms with Crippen LogP contribution in [0.4, 0.5) is 24.5 Å². The molecule has 1 aromatic carbocycles. The van der Waals surface area contributed by atoms with E-state index in [0.717, 1.165) is 17.9 Å². The Morgan fingerprint density at radius 3 is 2.56 bits per heavy atom. The van der Waals surface area contributed by atoms with E-state index in [1.165, 1.54) is 18.3 Å². The molecule has 0 aliphatic heterocycles. The van der Waals surface area contributed by atoms with Crippen molar-refractivity contribution in [3.8, 4) is 0 Å². The first-order chi connectivity index (χ1) is 12.8. The average molecular weight is 396 g/mol. The fraction of sp³-hybridized carbons (Fsp3) is 0.111. The number of alkyl halides is 3. The maximum Gasteiger partial charge on any atom is 0.417 e. The number of anilines is 2. The van der Waals surface area contributed by atoms with E-state index in [1.807, 2.05) is 6.07 Å². The zero-order valence-corrected chi connectivity index (χ0v) is 14.4. The highest BCUT2D eigenvalue weighted by molar-refractivity contribution is 6.31. The van der Waals surface area contributed by atoms with Crippen LogP contribution >= 0.6 is 11.6 Å². The Hall–Kier alpha value is -3.00. The highest BCUT2D eigenvalue weighted by atomic mass is 35.5. The molecule has 1 amide bonds. The van der Waals surface area contributed by atoms with Gasteiger partial charge in [0.25, 0.3) is 5.91 Å². The van der Waals surface area contributed by atoms with Crippen molar-refractivity contribution in [2.24, 2.45) is 0 Å². The number of carbonyl (C=O) groups excluding carboxylic acids is 1. The van der Waals surface area contributed by atoms with Crippen molar-refractivity contribution in [3.63, 3.8) is 0 Å². The van der Waals surface area contributed by atoms with Gasteiger partial charge in [0, 0.05) is 5.69 Å². The largest absolute Gasteiger partial charge is 0.467 e. The second-order valence-electron chi connectivity index (χ2n) is 5.51. The van der Waals surface area contributed by atoms with Crippen molar-refractivity contribution in [3.05, 3.63) is 77.0 Å². The first-order valence-electron chi connectivity index (χ1n) is 7.73. The Morgan fingerprint density at radius 1 is 1.15 bits per heavy atom. The van der Waals surface area contributed by atoms with E-state index < -0.39 is 22.7 Å². The van der Waals surface area contributed by atoms with E-state index in [9.17, 15) is 18.0 Å². The van der Waals surface area contributed by atoms with E-state index in [2.05, 4.69) is 15.6 Å². The Balaban J connectivity index is 1.66. The molecule has 27 heavy (non-hydrogen) atoms. The summed E-state index contributed by atoms with van der Waals surface area (Å²) in [5.74, 6) is 0.100. The minimum atomic E-state index is -4.61. The van der Waals surface area contributed by atoms with Gasteiger partial charge in [-0.1, -0.05) is 11.6 Å². The number of amides is 1. The monoisotopic (exact) mass is 395 g/mol. The van der Waals surface area contributed by atoms with Crippen LogP contribution < -0.4 is 10.6 Å². The number of benzene rings is 1. The van der Waals surface area contributed by atoms with Crippen LogP contribution in [0.3, 0.4) is 0 Å². The Kier molecular flexibility index (Phi) is 5.36. The SMILES string of the molecule is O=C(Nc1ccc(Cl)c(C(F)(F)F)c1)c1ccc(NCc2ccco2)cn1. The normalized spacial score (nSPS) is 11.3. The lowest BCUT2D eigenvalue weighted by molar-refractivity contribution is -0.137. The van der Waals surface area contributed by atoms with Crippen molar-refractivity contribution < 1.29 is 22.4 Å². The number of nitrogens with one attached hydrogen (secondary N) is 2. The standard InChI is InChI=1S/C18H13ClF3N3O2/c19-15-5-3-11(8-14(15)18(20,21)22)25-17(26)16-6-4-12(9-24-16)23-10-13-2-1-7-27-13/h1-9,23H,10H2,(H,25,26). The van der Waals surface area contributed by atoms with Gasteiger partial charge in [-0.2, -0.15) is 13.2 Å². The molecule has 9 heteroatoms. The number of nitrogens with zero attached hydrogens (tertiary/aromatic N) is 1. The van der Waals surface area contributed by atoms with Crippen molar-refractivity contribution in [1.29, 1.82) is 0 Å². The maximum atomic E-state index is 12.9. The van der Waals surface area contributed by atoms with Gasteiger partial charge in [0.05, 0.1) is 35.3 Å². The number of aromatic nitrogens is 1. The quantitative estimate of drug-likeness (QED) is 0.622. The van der Waals surface area contributed by atoms with Crippen LogP contribution in [0, 0.1) is 0 Å². The molecule has 0 fully saturated rings. The van der Waals surface area contributed by atoms with Gasteiger partial charge in [0.1, 0.15) is 11.5 Å². The molecule has 0 unspecified atom stereocenters. The van der Waals surface area contributed by atoms with Gasteiger partial charge < -0.3 is 15.1 Å². The van der Waals surface area contributed by atoms with E-state index in [-0.39, 0.29) is 11.4 Å². The molecule has 0 saturated carbocycles. The summed E-state index contributed by atoms with van der Waals surface area (Å²) in [5, 5.41) is 5.00. The maximum absolute atomic E-state index is 12.9. The minimum absolute atomic E-state index is 0.0291. The summed E-state index contributed by atoms with van der Waals surface area (Å²) in [5.41, 5.74) is -0.332. The number of rotatable bonds is 5. The van der Waals surface area contributed by atoms with Crippen molar-refractivity contribution >= 4 is 28.9 Å². The summed E-state index contributed by atoms with van der Waals surface area (Å²) in [6, 6.07) is 9.81. The molecular formula is C18H13ClF3N3O2. The minimum Gasteiger partial charge on any atom is -0.467 e. The summed E-state index contributed by atoms with van der Waals surface area (Å²) in [4.78, 5) is 16.2. The van der Waals surface area contributed by atoms with E-state index in [4.69, 9.17) is 16.0 Å². The summed E-state index contributed by atoms with van der Waals surface area (Å²) in [6.07, 6.45) is -1.61. The number of hydrogen-bond donors (Lipinski definition) is 2. The zero-order valence-electron chi connectivity index (χ0n) is 13.7. The number of hydrogen-bond acceptors (Lipinski definition) is 4. The van der Waals surface area contributed by atoms with Gasteiger partial charge >= 0.3 is 6.18 Å². The lowest BCUT2D eigenvalue weighted by atomic mass is 10.2. The summed E-state index contributed by atoms with van der Waals surface area (Å²) >= 11 is 5.56.